The quantitative estimate of drug-likeness (QED) is 0.588. The molecule has 146 valence electrons. The van der Waals surface area contributed by atoms with E-state index in [1.807, 2.05) is 54.6 Å². The number of rotatable bonds is 6. The number of hydrogen-bond acceptors (Lipinski definition) is 4. The normalized spacial score (nSPS) is 15.5. The highest BCUT2D eigenvalue weighted by molar-refractivity contribution is 8.13. The molecule has 0 fully saturated rings. The first-order chi connectivity index (χ1) is 13.5. The van der Waals surface area contributed by atoms with Crippen LogP contribution in [0.4, 0.5) is 0 Å². The average Bonchev–Trinajstić information content (AvgIpc) is 2.96. The van der Waals surface area contributed by atoms with Gasteiger partial charge in [-0.05, 0) is 47.4 Å². The monoisotopic (exact) mass is 414 g/mol. The van der Waals surface area contributed by atoms with Crippen molar-refractivity contribution < 1.29 is 9.53 Å². The van der Waals surface area contributed by atoms with Gasteiger partial charge in [-0.25, -0.2) is 4.99 Å². The van der Waals surface area contributed by atoms with Crippen LogP contribution in [-0.4, -0.2) is 29.6 Å². The van der Waals surface area contributed by atoms with Crippen molar-refractivity contribution in [2.75, 3.05) is 13.7 Å². The highest BCUT2D eigenvalue weighted by Gasteiger charge is 2.30. The van der Waals surface area contributed by atoms with E-state index < -0.39 is 0 Å². The third kappa shape index (κ3) is 5.18. The van der Waals surface area contributed by atoms with Crippen molar-refractivity contribution in [3.8, 4) is 5.75 Å². The van der Waals surface area contributed by atoms with Crippen molar-refractivity contribution in [1.82, 2.24) is 4.90 Å². The van der Waals surface area contributed by atoms with Crippen molar-refractivity contribution in [3.63, 3.8) is 0 Å². The SMILES string of the molecule is COc1ccc(C=C2N=C(SCc3ccc(Cl)cc3)N(CC(C)C)C2=O)cc1. The summed E-state index contributed by atoms with van der Waals surface area (Å²) in [6.07, 6.45) is 1.82. The zero-order valence-corrected chi connectivity index (χ0v) is 17.8. The number of carbonyl (C=O) groups is 1. The van der Waals surface area contributed by atoms with Gasteiger partial charge in [-0.2, -0.15) is 0 Å². The van der Waals surface area contributed by atoms with Crippen LogP contribution < -0.4 is 4.74 Å². The van der Waals surface area contributed by atoms with Crippen LogP contribution in [0.5, 0.6) is 5.75 Å². The van der Waals surface area contributed by atoms with E-state index in [1.165, 1.54) is 0 Å². The molecule has 0 spiro atoms. The van der Waals surface area contributed by atoms with E-state index in [9.17, 15) is 4.79 Å². The molecule has 1 amide bonds. The maximum Gasteiger partial charge on any atom is 0.278 e. The van der Waals surface area contributed by atoms with Gasteiger partial charge < -0.3 is 4.74 Å². The Balaban J connectivity index is 1.81. The molecule has 1 aliphatic heterocycles. The van der Waals surface area contributed by atoms with E-state index in [1.54, 1.807) is 23.8 Å². The van der Waals surface area contributed by atoms with Crippen LogP contribution in [0.3, 0.4) is 0 Å². The zero-order valence-electron chi connectivity index (χ0n) is 16.2. The van der Waals surface area contributed by atoms with Crippen LogP contribution in [0, 0.1) is 5.92 Å². The number of halogens is 1. The number of amides is 1. The Hall–Kier alpha value is -2.24. The number of nitrogens with zero attached hydrogens (tertiary/aromatic N) is 2. The van der Waals surface area contributed by atoms with Gasteiger partial charge in [0.05, 0.1) is 7.11 Å². The fraction of sp³-hybridized carbons (Fsp3) is 0.273. The fourth-order valence-electron chi connectivity index (χ4n) is 2.75. The maximum absolute atomic E-state index is 12.9. The first kappa shape index (κ1) is 20.5. The predicted molar refractivity (Wildman–Crippen MR) is 118 cm³/mol. The molecular formula is C22H23ClN2O2S. The Morgan fingerprint density at radius 1 is 1.14 bits per heavy atom. The molecule has 4 nitrogen and oxygen atoms in total. The van der Waals surface area contributed by atoms with E-state index in [0.29, 0.717) is 23.2 Å². The number of methoxy groups -OCH3 is 1. The summed E-state index contributed by atoms with van der Waals surface area (Å²) < 4.78 is 5.18. The standard InChI is InChI=1S/C22H23ClN2O2S/c1-15(2)13-25-21(26)20(12-16-6-10-19(27-3)11-7-16)24-22(25)28-14-17-4-8-18(23)9-5-17/h4-12,15H,13-14H2,1-3H3. The number of amidine groups is 1. The first-order valence-electron chi connectivity index (χ1n) is 9.10. The van der Waals surface area contributed by atoms with Crippen molar-refractivity contribution in [1.29, 1.82) is 0 Å². The van der Waals surface area contributed by atoms with Gasteiger partial charge in [-0.15, -0.1) is 0 Å². The summed E-state index contributed by atoms with van der Waals surface area (Å²) in [5, 5.41) is 1.46. The average molecular weight is 415 g/mol. The molecule has 0 saturated carbocycles. The van der Waals surface area contributed by atoms with Crippen LogP contribution in [-0.2, 0) is 10.5 Å². The van der Waals surface area contributed by atoms with Crippen LogP contribution in [0.1, 0.15) is 25.0 Å². The molecule has 6 heteroatoms. The lowest BCUT2D eigenvalue weighted by atomic mass is 10.1. The Bertz CT molecular complexity index is 890. The van der Waals surface area contributed by atoms with E-state index in [-0.39, 0.29) is 5.91 Å². The zero-order chi connectivity index (χ0) is 20.1. The Morgan fingerprint density at radius 2 is 1.82 bits per heavy atom. The number of benzene rings is 2. The first-order valence-corrected chi connectivity index (χ1v) is 10.5. The van der Waals surface area contributed by atoms with Crippen molar-refractivity contribution in [2.24, 2.45) is 10.9 Å². The van der Waals surface area contributed by atoms with Crippen molar-refractivity contribution in [2.45, 2.75) is 19.6 Å². The number of thioether (sulfide) groups is 1. The topological polar surface area (TPSA) is 41.9 Å². The Labute approximate surface area is 175 Å². The number of carbonyl (C=O) groups excluding carboxylic acids is 1. The number of hydrogen-bond donors (Lipinski definition) is 0. The summed E-state index contributed by atoms with van der Waals surface area (Å²) >= 11 is 7.52. The fourth-order valence-corrected chi connectivity index (χ4v) is 3.84. The highest BCUT2D eigenvalue weighted by Crippen LogP contribution is 2.27. The molecule has 3 rings (SSSR count). The molecule has 1 heterocycles. The molecule has 0 aromatic heterocycles. The van der Waals surface area contributed by atoms with E-state index >= 15 is 0 Å². The summed E-state index contributed by atoms with van der Waals surface area (Å²) in [4.78, 5) is 19.3. The minimum atomic E-state index is -0.0527. The van der Waals surface area contributed by atoms with Crippen LogP contribution in [0.2, 0.25) is 5.02 Å². The summed E-state index contributed by atoms with van der Waals surface area (Å²) in [5.41, 5.74) is 2.52. The molecule has 28 heavy (non-hydrogen) atoms. The molecule has 0 unspecified atom stereocenters. The number of aliphatic imine (C=N–C) groups is 1. The van der Waals surface area contributed by atoms with Gasteiger partial charge in [-0.1, -0.05) is 61.5 Å². The molecular weight excluding hydrogens is 392 g/mol. The lowest BCUT2D eigenvalue weighted by Crippen LogP contribution is -2.33. The summed E-state index contributed by atoms with van der Waals surface area (Å²) in [5.74, 6) is 1.81. The van der Waals surface area contributed by atoms with Crippen molar-refractivity contribution >= 4 is 40.5 Å². The van der Waals surface area contributed by atoms with E-state index in [2.05, 4.69) is 18.8 Å². The van der Waals surface area contributed by atoms with Gasteiger partial charge in [0.15, 0.2) is 5.17 Å². The third-order valence-electron chi connectivity index (χ3n) is 4.16. The molecule has 0 atom stereocenters. The second-order valence-corrected chi connectivity index (χ2v) is 8.30. The Kier molecular flexibility index (Phi) is 6.81. The summed E-state index contributed by atoms with van der Waals surface area (Å²) in [7, 11) is 1.63. The smallest absolute Gasteiger partial charge is 0.278 e. The van der Waals surface area contributed by atoms with Gasteiger partial charge in [0.2, 0.25) is 0 Å². The van der Waals surface area contributed by atoms with Gasteiger partial charge in [0.25, 0.3) is 5.91 Å². The lowest BCUT2D eigenvalue weighted by Gasteiger charge is -2.19. The minimum Gasteiger partial charge on any atom is -0.497 e. The van der Waals surface area contributed by atoms with Crippen LogP contribution in [0.15, 0.2) is 59.2 Å². The van der Waals surface area contributed by atoms with Gasteiger partial charge in [0, 0.05) is 17.3 Å². The minimum absolute atomic E-state index is 0.0527. The van der Waals surface area contributed by atoms with Gasteiger partial charge >= 0.3 is 0 Å². The molecule has 2 aromatic carbocycles. The second-order valence-electron chi connectivity index (χ2n) is 6.92. The van der Waals surface area contributed by atoms with Crippen LogP contribution >= 0.6 is 23.4 Å². The van der Waals surface area contributed by atoms with Crippen LogP contribution in [0.25, 0.3) is 6.08 Å². The molecule has 0 saturated heterocycles. The lowest BCUT2D eigenvalue weighted by molar-refractivity contribution is -0.122. The predicted octanol–water partition coefficient (Wildman–Crippen LogP) is 5.48. The largest absolute Gasteiger partial charge is 0.497 e. The van der Waals surface area contributed by atoms with E-state index in [0.717, 1.165) is 27.8 Å². The van der Waals surface area contributed by atoms with Crippen molar-refractivity contribution in [3.05, 3.63) is 70.4 Å². The second kappa shape index (κ2) is 9.30. The molecule has 0 aliphatic carbocycles. The molecule has 0 bridgehead atoms. The Morgan fingerprint density at radius 3 is 2.43 bits per heavy atom. The summed E-state index contributed by atoms with van der Waals surface area (Å²) in [6.45, 7) is 4.84. The molecule has 2 aromatic rings. The third-order valence-corrected chi connectivity index (χ3v) is 5.46. The van der Waals surface area contributed by atoms with Gasteiger partial charge in [0.1, 0.15) is 11.4 Å². The van der Waals surface area contributed by atoms with Gasteiger partial charge in [-0.3, -0.25) is 9.69 Å². The molecule has 0 N–H and O–H groups in total. The molecule has 0 radical (unpaired) electrons. The molecule has 1 aliphatic rings. The maximum atomic E-state index is 12.9. The summed E-state index contributed by atoms with van der Waals surface area (Å²) in [6, 6.07) is 15.3. The number of ether oxygens (including phenoxy) is 1. The van der Waals surface area contributed by atoms with E-state index in [4.69, 9.17) is 16.3 Å². The highest BCUT2D eigenvalue weighted by atomic mass is 35.5.